The summed E-state index contributed by atoms with van der Waals surface area (Å²) in [6.45, 7) is 2.29. The number of amides is 2. The van der Waals surface area contributed by atoms with Crippen molar-refractivity contribution < 1.29 is 27.5 Å². The minimum absolute atomic E-state index is 0.0804. The van der Waals surface area contributed by atoms with Gasteiger partial charge < -0.3 is 19.5 Å². The van der Waals surface area contributed by atoms with Gasteiger partial charge in [-0.25, -0.2) is 4.98 Å². The van der Waals surface area contributed by atoms with Gasteiger partial charge in [0, 0.05) is 29.0 Å². The van der Waals surface area contributed by atoms with Gasteiger partial charge in [-0.1, -0.05) is 6.07 Å². The number of fused-ring (bicyclic) bond motifs is 2. The van der Waals surface area contributed by atoms with Gasteiger partial charge in [0.05, 0.1) is 30.5 Å². The number of aromatic nitrogens is 2. The average Bonchev–Trinajstić information content (AvgIpc) is 3.42. The highest BCUT2D eigenvalue weighted by Gasteiger charge is 2.31. The van der Waals surface area contributed by atoms with E-state index in [1.165, 1.54) is 23.5 Å². The molecule has 2 aliphatic rings. The number of anilines is 1. The Morgan fingerprint density at radius 3 is 2.88 bits per heavy atom. The van der Waals surface area contributed by atoms with Gasteiger partial charge in [0.2, 0.25) is 0 Å². The van der Waals surface area contributed by atoms with Crippen LogP contribution in [-0.4, -0.2) is 39.4 Å². The molecule has 11 heteroatoms. The quantitative estimate of drug-likeness (QED) is 0.621. The first kappa shape index (κ1) is 21.7. The van der Waals surface area contributed by atoms with Gasteiger partial charge in [0.1, 0.15) is 18.1 Å². The molecule has 7 nitrogen and oxygen atoms in total. The molecule has 0 saturated carbocycles. The number of alkyl halides is 3. The highest BCUT2D eigenvalue weighted by Crippen LogP contribution is 2.32. The van der Waals surface area contributed by atoms with E-state index >= 15 is 0 Å². The maximum absolute atomic E-state index is 13.1. The van der Waals surface area contributed by atoms with Crippen LogP contribution in [-0.2, 0) is 37.0 Å². The highest BCUT2D eigenvalue weighted by molar-refractivity contribution is 7.10. The SMILES string of the molecule is O=C(Nc1cccc(C(F)(F)F)c1)c1csc2c1CCN(C(=O)c1cnc3n1CCOC3)C2. The molecule has 1 N–H and O–H groups in total. The summed E-state index contributed by atoms with van der Waals surface area (Å²) < 4.78 is 46.1. The van der Waals surface area contributed by atoms with Gasteiger partial charge in [0.25, 0.3) is 11.8 Å². The smallest absolute Gasteiger partial charge is 0.372 e. The van der Waals surface area contributed by atoms with Crippen molar-refractivity contribution >= 4 is 28.8 Å². The van der Waals surface area contributed by atoms with E-state index in [1.54, 1.807) is 16.5 Å². The van der Waals surface area contributed by atoms with E-state index in [0.717, 1.165) is 28.4 Å². The number of rotatable bonds is 3. The van der Waals surface area contributed by atoms with Crippen LogP contribution in [0.5, 0.6) is 0 Å². The molecular weight excluding hydrogens is 457 g/mol. The van der Waals surface area contributed by atoms with E-state index in [1.807, 2.05) is 4.57 Å². The minimum Gasteiger partial charge on any atom is -0.372 e. The predicted molar refractivity (Wildman–Crippen MR) is 114 cm³/mol. The molecule has 1 aromatic carbocycles. The normalized spacial score (nSPS) is 15.7. The highest BCUT2D eigenvalue weighted by atomic mass is 32.1. The standard InChI is InChI=1S/C22H19F3N4O3S/c23-22(24,25)13-2-1-3-14(8-13)27-20(30)16-12-33-18-10-28(5-4-15(16)18)21(31)17-9-26-19-11-32-7-6-29(17)19/h1-3,8-9,12H,4-7,10-11H2,(H,27,30). The van der Waals surface area contributed by atoms with Gasteiger partial charge >= 0.3 is 6.18 Å². The molecule has 2 aromatic heterocycles. The third kappa shape index (κ3) is 4.13. The number of halogens is 3. The largest absolute Gasteiger partial charge is 0.416 e. The second kappa shape index (κ2) is 8.31. The molecule has 0 bridgehead atoms. The van der Waals surface area contributed by atoms with Crippen molar-refractivity contribution in [2.75, 3.05) is 18.5 Å². The Morgan fingerprint density at radius 2 is 2.06 bits per heavy atom. The second-order valence-corrected chi connectivity index (χ2v) is 8.79. The van der Waals surface area contributed by atoms with Crippen molar-refractivity contribution in [2.24, 2.45) is 0 Å². The molecule has 3 aromatic rings. The van der Waals surface area contributed by atoms with Crippen LogP contribution in [0.25, 0.3) is 0 Å². The Hall–Kier alpha value is -3.18. The third-order valence-electron chi connectivity index (χ3n) is 5.77. The number of nitrogens with zero attached hydrogens (tertiary/aromatic N) is 3. The Bertz CT molecular complexity index is 1230. The summed E-state index contributed by atoms with van der Waals surface area (Å²) in [7, 11) is 0. The number of carbonyl (C=O) groups is 2. The lowest BCUT2D eigenvalue weighted by molar-refractivity contribution is -0.137. The third-order valence-corrected chi connectivity index (χ3v) is 6.79. The molecule has 33 heavy (non-hydrogen) atoms. The van der Waals surface area contributed by atoms with Crippen molar-refractivity contribution in [3.63, 3.8) is 0 Å². The topological polar surface area (TPSA) is 76.5 Å². The molecule has 4 heterocycles. The maximum atomic E-state index is 13.1. The number of ether oxygens (including phenoxy) is 1. The van der Waals surface area contributed by atoms with Crippen molar-refractivity contribution in [3.05, 3.63) is 68.9 Å². The monoisotopic (exact) mass is 476 g/mol. The van der Waals surface area contributed by atoms with Gasteiger partial charge in [-0.05, 0) is 30.2 Å². The molecule has 172 valence electrons. The Balaban J connectivity index is 1.31. The van der Waals surface area contributed by atoms with Crippen molar-refractivity contribution in [3.8, 4) is 0 Å². The fraction of sp³-hybridized carbons (Fsp3) is 0.318. The van der Waals surface area contributed by atoms with E-state index in [-0.39, 0.29) is 11.6 Å². The fourth-order valence-corrected chi connectivity index (χ4v) is 5.19. The van der Waals surface area contributed by atoms with Gasteiger partial charge in [-0.2, -0.15) is 13.2 Å². The van der Waals surface area contributed by atoms with E-state index < -0.39 is 17.6 Å². The lowest BCUT2D eigenvalue weighted by atomic mass is 10.0. The molecular formula is C22H19F3N4O3S. The van der Waals surface area contributed by atoms with Crippen LogP contribution < -0.4 is 5.32 Å². The molecule has 0 atom stereocenters. The number of hydrogen-bond donors (Lipinski definition) is 1. The molecule has 0 radical (unpaired) electrons. The molecule has 0 saturated heterocycles. The summed E-state index contributed by atoms with van der Waals surface area (Å²) in [5.41, 5.74) is 1.04. The first-order valence-corrected chi connectivity index (χ1v) is 11.2. The molecule has 0 spiro atoms. The molecule has 0 fully saturated rings. The fourth-order valence-electron chi connectivity index (χ4n) is 4.09. The maximum Gasteiger partial charge on any atom is 0.416 e. The first-order valence-electron chi connectivity index (χ1n) is 10.3. The number of thiophene rings is 1. The lowest BCUT2D eigenvalue weighted by Crippen LogP contribution is -2.37. The number of benzene rings is 1. The second-order valence-electron chi connectivity index (χ2n) is 7.82. The van der Waals surface area contributed by atoms with Gasteiger partial charge in [-0.3, -0.25) is 9.59 Å². The van der Waals surface area contributed by atoms with Crippen LogP contribution in [0, 0.1) is 0 Å². The van der Waals surface area contributed by atoms with Crippen molar-refractivity contribution in [1.29, 1.82) is 0 Å². The van der Waals surface area contributed by atoms with Crippen LogP contribution in [0.4, 0.5) is 18.9 Å². The molecule has 0 unspecified atom stereocenters. The zero-order chi connectivity index (χ0) is 23.2. The average molecular weight is 476 g/mol. The lowest BCUT2D eigenvalue weighted by Gasteiger charge is -2.28. The molecule has 0 aliphatic carbocycles. The van der Waals surface area contributed by atoms with Crippen LogP contribution >= 0.6 is 11.3 Å². The first-order chi connectivity index (χ1) is 15.8. The van der Waals surface area contributed by atoms with E-state index in [2.05, 4.69) is 10.3 Å². The number of imidazole rings is 1. The summed E-state index contributed by atoms with van der Waals surface area (Å²) in [4.78, 5) is 32.8. The van der Waals surface area contributed by atoms with Crippen LogP contribution in [0.1, 0.15) is 42.7 Å². The minimum atomic E-state index is -4.49. The molecule has 2 amide bonds. The summed E-state index contributed by atoms with van der Waals surface area (Å²) in [6.07, 6.45) is -2.43. The van der Waals surface area contributed by atoms with Crippen LogP contribution in [0.2, 0.25) is 0 Å². The number of hydrogen-bond acceptors (Lipinski definition) is 5. The van der Waals surface area contributed by atoms with Crippen LogP contribution in [0.3, 0.4) is 0 Å². The zero-order valence-electron chi connectivity index (χ0n) is 17.3. The number of carbonyl (C=O) groups excluding carboxylic acids is 2. The Morgan fingerprint density at radius 1 is 1.21 bits per heavy atom. The zero-order valence-corrected chi connectivity index (χ0v) is 18.1. The number of nitrogens with one attached hydrogen (secondary N) is 1. The van der Waals surface area contributed by atoms with E-state index in [4.69, 9.17) is 4.74 Å². The van der Waals surface area contributed by atoms with Gasteiger partial charge in [-0.15, -0.1) is 11.3 Å². The summed E-state index contributed by atoms with van der Waals surface area (Å²) in [5, 5.41) is 4.26. The van der Waals surface area contributed by atoms with Crippen molar-refractivity contribution in [2.45, 2.75) is 32.3 Å². The molecule has 2 aliphatic heterocycles. The summed E-state index contributed by atoms with van der Waals surface area (Å²) >= 11 is 1.37. The predicted octanol–water partition coefficient (Wildman–Crippen LogP) is 3.94. The molecule has 5 rings (SSSR count). The van der Waals surface area contributed by atoms with Crippen molar-refractivity contribution in [1.82, 2.24) is 14.5 Å². The Labute approximate surface area is 190 Å². The summed E-state index contributed by atoms with van der Waals surface area (Å²) in [5.74, 6) is 0.146. The Kier molecular flexibility index (Phi) is 5.45. The summed E-state index contributed by atoms with van der Waals surface area (Å²) in [6, 6.07) is 4.54. The van der Waals surface area contributed by atoms with Gasteiger partial charge in [0.15, 0.2) is 0 Å². The van der Waals surface area contributed by atoms with Crippen LogP contribution in [0.15, 0.2) is 35.8 Å². The van der Waals surface area contributed by atoms with E-state index in [9.17, 15) is 22.8 Å². The van der Waals surface area contributed by atoms with E-state index in [0.29, 0.717) is 50.5 Å².